The zero-order valence-corrected chi connectivity index (χ0v) is 23.3. The second-order valence-electron chi connectivity index (χ2n) is 11.0. The largest absolute Gasteiger partial charge is 0.330 e. The predicted octanol–water partition coefficient (Wildman–Crippen LogP) is 3.21. The minimum absolute atomic E-state index is 0.0155. The fourth-order valence-corrected chi connectivity index (χ4v) is 4.86. The Hall–Kier alpha value is -2.23. The zero-order valence-electron chi connectivity index (χ0n) is 22.4. The van der Waals surface area contributed by atoms with Gasteiger partial charge in [-0.25, -0.2) is 22.5 Å². The van der Waals surface area contributed by atoms with Gasteiger partial charge in [0.1, 0.15) is 0 Å². The van der Waals surface area contributed by atoms with E-state index in [4.69, 9.17) is 4.98 Å². The summed E-state index contributed by atoms with van der Waals surface area (Å²) in [6.45, 7) is 14.0. The minimum Gasteiger partial charge on any atom is -0.298 e. The maximum atomic E-state index is 12.9. The number of allylic oxidation sites excluding steroid dienone is 2. The Labute approximate surface area is 210 Å². The highest BCUT2D eigenvalue weighted by atomic mass is 32.2. The average Bonchev–Trinajstić information content (AvgIpc) is 3.00. The third-order valence-corrected chi connectivity index (χ3v) is 8.02. The molecule has 2 unspecified atom stereocenters. The number of sulfonamides is 1. The lowest BCUT2D eigenvalue weighted by molar-refractivity contribution is 0.290. The van der Waals surface area contributed by atoms with Crippen molar-refractivity contribution in [2.45, 2.75) is 47.1 Å². The fraction of sp³-hybridized carbons (Fsp3) is 0.615. The van der Waals surface area contributed by atoms with E-state index in [1.54, 1.807) is 18.7 Å². The molecule has 0 spiro atoms. The van der Waals surface area contributed by atoms with E-state index in [9.17, 15) is 13.2 Å². The second kappa shape index (κ2) is 10.4. The Bertz CT molecular complexity index is 1280. The number of pyridine rings is 1. The summed E-state index contributed by atoms with van der Waals surface area (Å²) in [6, 6.07) is 4.08. The molecule has 0 N–H and O–H groups in total. The molecule has 0 saturated carbocycles. The van der Waals surface area contributed by atoms with E-state index in [-0.39, 0.29) is 22.9 Å². The van der Waals surface area contributed by atoms with E-state index < -0.39 is 10.0 Å². The van der Waals surface area contributed by atoms with Crippen molar-refractivity contribution < 1.29 is 8.42 Å². The molecule has 0 amide bonds. The molecule has 8 nitrogen and oxygen atoms in total. The highest BCUT2D eigenvalue weighted by Gasteiger charge is 2.24. The smallest absolute Gasteiger partial charge is 0.298 e. The second-order valence-corrected chi connectivity index (χ2v) is 13.1. The summed E-state index contributed by atoms with van der Waals surface area (Å²) in [6.07, 6.45) is 7.88. The van der Waals surface area contributed by atoms with Gasteiger partial charge in [-0.1, -0.05) is 52.8 Å². The van der Waals surface area contributed by atoms with Crippen molar-refractivity contribution >= 4 is 21.2 Å². The van der Waals surface area contributed by atoms with Crippen LogP contribution >= 0.6 is 0 Å². The van der Waals surface area contributed by atoms with Crippen LogP contribution in [0.25, 0.3) is 11.2 Å². The van der Waals surface area contributed by atoms with Crippen LogP contribution < -0.4 is 5.69 Å². The Balaban J connectivity index is 1.85. The Morgan fingerprint density at radius 2 is 1.86 bits per heavy atom. The van der Waals surface area contributed by atoms with Crippen LogP contribution in [0.3, 0.4) is 0 Å². The van der Waals surface area contributed by atoms with E-state index in [0.717, 1.165) is 24.3 Å². The molecule has 0 saturated heterocycles. The first kappa shape index (κ1) is 27.4. The van der Waals surface area contributed by atoms with Gasteiger partial charge in [0.05, 0.1) is 17.5 Å². The van der Waals surface area contributed by atoms with Crippen LogP contribution in [0, 0.1) is 11.3 Å². The van der Waals surface area contributed by atoms with Gasteiger partial charge in [-0.15, -0.1) is 0 Å². The van der Waals surface area contributed by atoms with Crippen LogP contribution in [-0.4, -0.2) is 71.2 Å². The molecule has 0 radical (unpaired) electrons. The van der Waals surface area contributed by atoms with E-state index in [1.165, 1.54) is 16.1 Å². The summed E-state index contributed by atoms with van der Waals surface area (Å²) in [5.41, 5.74) is 3.68. The van der Waals surface area contributed by atoms with E-state index in [2.05, 4.69) is 57.7 Å². The van der Waals surface area contributed by atoms with E-state index in [1.807, 2.05) is 16.7 Å². The summed E-state index contributed by atoms with van der Waals surface area (Å²) in [4.78, 5) is 20.1. The van der Waals surface area contributed by atoms with Crippen molar-refractivity contribution in [3.05, 3.63) is 52.1 Å². The van der Waals surface area contributed by atoms with Crippen LogP contribution in [0.1, 0.15) is 46.2 Å². The number of aryl methyl sites for hydroxylation is 1. The van der Waals surface area contributed by atoms with Crippen LogP contribution in [0.2, 0.25) is 0 Å². The molecule has 9 heteroatoms. The number of hydrogen-bond acceptors (Lipinski definition) is 5. The SMILES string of the molecule is CCN(CCN(C)S(C)(=O)=O)CC1=CC(c2ccc3c(n2)n(C)c(=O)n3CC(C)(C)C)C(C)C=C1. The summed E-state index contributed by atoms with van der Waals surface area (Å²) in [7, 11) is 0.225. The number of likely N-dealkylation sites (N-methyl/N-ethyl adjacent to an activating group) is 2. The summed E-state index contributed by atoms with van der Waals surface area (Å²) in [5, 5.41) is 0. The molecular weight excluding hydrogens is 462 g/mol. The summed E-state index contributed by atoms with van der Waals surface area (Å²) >= 11 is 0. The van der Waals surface area contributed by atoms with Gasteiger partial charge in [0.25, 0.3) is 0 Å². The van der Waals surface area contributed by atoms with Crippen LogP contribution in [0.4, 0.5) is 0 Å². The van der Waals surface area contributed by atoms with Crippen molar-refractivity contribution in [2.24, 2.45) is 18.4 Å². The quantitative estimate of drug-likeness (QED) is 0.525. The lowest BCUT2D eigenvalue weighted by Gasteiger charge is -2.27. The van der Waals surface area contributed by atoms with Gasteiger partial charge in [0, 0.05) is 46.2 Å². The van der Waals surface area contributed by atoms with Gasteiger partial charge in [-0.05, 0) is 35.6 Å². The normalized spacial score (nSPS) is 19.2. The monoisotopic (exact) mass is 503 g/mol. The number of rotatable bonds is 9. The molecule has 1 aliphatic carbocycles. The van der Waals surface area contributed by atoms with Gasteiger partial charge >= 0.3 is 5.69 Å². The van der Waals surface area contributed by atoms with Crippen molar-refractivity contribution in [3.63, 3.8) is 0 Å². The number of nitrogens with zero attached hydrogens (tertiary/aromatic N) is 5. The highest BCUT2D eigenvalue weighted by molar-refractivity contribution is 7.88. The number of imidazole rings is 1. The predicted molar refractivity (Wildman–Crippen MR) is 143 cm³/mol. The number of hydrogen-bond donors (Lipinski definition) is 0. The molecule has 0 bridgehead atoms. The molecule has 35 heavy (non-hydrogen) atoms. The number of fused-ring (bicyclic) bond motifs is 1. The molecule has 2 atom stereocenters. The van der Waals surface area contributed by atoms with Gasteiger partial charge in [0.2, 0.25) is 10.0 Å². The lowest BCUT2D eigenvalue weighted by Crippen LogP contribution is -2.36. The first-order valence-corrected chi connectivity index (χ1v) is 14.1. The molecule has 3 rings (SSSR count). The molecule has 2 heterocycles. The first-order valence-electron chi connectivity index (χ1n) is 12.3. The lowest BCUT2D eigenvalue weighted by atomic mass is 9.84. The third kappa shape index (κ3) is 6.51. The standard InChI is InChI=1S/C26H41N5O3S/c1-9-30(15-14-28(6)35(8,33)34)17-20-11-10-19(2)21(16-20)22-12-13-23-24(27-22)29(7)25(32)31(23)18-26(3,4)5/h10-13,16,19,21H,9,14-15,17-18H2,1-8H3. The van der Waals surface area contributed by atoms with Crippen molar-refractivity contribution in [3.8, 4) is 0 Å². The van der Waals surface area contributed by atoms with Crippen molar-refractivity contribution in [2.75, 3.05) is 39.5 Å². The molecule has 2 aromatic rings. The van der Waals surface area contributed by atoms with Crippen LogP contribution in [-0.2, 0) is 23.6 Å². The zero-order chi connectivity index (χ0) is 26.1. The molecule has 194 valence electrons. The maximum absolute atomic E-state index is 12.9. The molecule has 1 aliphatic rings. The topological polar surface area (TPSA) is 80.4 Å². The summed E-state index contributed by atoms with van der Waals surface area (Å²) in [5.74, 6) is 0.390. The minimum atomic E-state index is -3.18. The van der Waals surface area contributed by atoms with Crippen LogP contribution in [0.15, 0.2) is 40.7 Å². The van der Waals surface area contributed by atoms with Gasteiger partial charge < -0.3 is 0 Å². The van der Waals surface area contributed by atoms with Gasteiger partial charge in [0.15, 0.2) is 5.65 Å². The Morgan fingerprint density at radius 1 is 1.17 bits per heavy atom. The Kier molecular flexibility index (Phi) is 8.13. The average molecular weight is 504 g/mol. The van der Waals surface area contributed by atoms with Gasteiger partial charge in [-0.2, -0.15) is 0 Å². The molecule has 2 aromatic heterocycles. The molecule has 0 aliphatic heterocycles. The molecule has 0 fully saturated rings. The Morgan fingerprint density at radius 3 is 2.46 bits per heavy atom. The summed E-state index contributed by atoms with van der Waals surface area (Å²) < 4.78 is 28.3. The van der Waals surface area contributed by atoms with Gasteiger partial charge in [-0.3, -0.25) is 14.0 Å². The maximum Gasteiger partial charge on any atom is 0.330 e. The fourth-order valence-electron chi connectivity index (χ4n) is 4.45. The van der Waals surface area contributed by atoms with Crippen LogP contribution in [0.5, 0.6) is 0 Å². The van der Waals surface area contributed by atoms with Crippen molar-refractivity contribution in [1.29, 1.82) is 0 Å². The molecular formula is C26H41N5O3S. The number of aromatic nitrogens is 3. The third-order valence-electron chi connectivity index (χ3n) is 6.70. The molecule has 0 aromatic carbocycles. The highest BCUT2D eigenvalue weighted by Crippen LogP contribution is 2.32. The van der Waals surface area contributed by atoms with E-state index >= 15 is 0 Å². The van der Waals surface area contributed by atoms with E-state index in [0.29, 0.717) is 25.3 Å². The van der Waals surface area contributed by atoms with Crippen molar-refractivity contribution in [1.82, 2.24) is 23.3 Å². The first-order chi connectivity index (χ1) is 16.2.